The van der Waals surface area contributed by atoms with Gasteiger partial charge in [-0.1, -0.05) is 72.3 Å². The predicted molar refractivity (Wildman–Crippen MR) is 172 cm³/mol. The number of hydrogen-bond donors (Lipinski definition) is 1. The van der Waals surface area contributed by atoms with Crippen LogP contribution in [0.15, 0.2) is 118 Å². The molecule has 2 heterocycles. The average molecular weight is 590 g/mol. The third kappa shape index (κ3) is 6.37. The highest BCUT2D eigenvalue weighted by molar-refractivity contribution is 6.33. The Kier molecular flexibility index (Phi) is 8.07. The summed E-state index contributed by atoms with van der Waals surface area (Å²) < 4.78 is 5.44. The van der Waals surface area contributed by atoms with Gasteiger partial charge in [0.15, 0.2) is 0 Å². The summed E-state index contributed by atoms with van der Waals surface area (Å²) >= 11 is 6.63. The Morgan fingerprint density at radius 3 is 2.28 bits per heavy atom. The van der Waals surface area contributed by atoms with Gasteiger partial charge in [0.2, 0.25) is 5.91 Å². The number of nitrogens with one attached hydrogen (secondary N) is 1. The molecular formula is C35H28ClN3O4. The topological polar surface area (TPSA) is 82.9 Å². The second-order valence-electron chi connectivity index (χ2n) is 10.2. The van der Waals surface area contributed by atoms with Gasteiger partial charge < -0.3 is 19.5 Å². The summed E-state index contributed by atoms with van der Waals surface area (Å²) in [5.74, 6) is -0.307. The highest BCUT2D eigenvalue weighted by Gasteiger charge is 2.21. The van der Waals surface area contributed by atoms with Gasteiger partial charge in [-0.05, 0) is 59.7 Å². The van der Waals surface area contributed by atoms with Crippen molar-refractivity contribution in [3.63, 3.8) is 0 Å². The van der Waals surface area contributed by atoms with Gasteiger partial charge in [0.05, 0.1) is 16.3 Å². The maximum atomic E-state index is 13.0. The van der Waals surface area contributed by atoms with Gasteiger partial charge in [-0.25, -0.2) is 4.79 Å². The van der Waals surface area contributed by atoms with Crippen LogP contribution in [-0.2, 0) is 4.79 Å². The standard InChI is InChI=1S/C35H28ClN3O4/c36-30-23-28(15-16-31(30)38-18-20-39(21-19-38)33(40)17-10-24-6-2-1-3-7-24)37-34(41)26-13-11-25(12-14-26)29-22-27-8-4-5-9-32(27)43-35(29)42/h1-17,22-23H,18-21H2,(H,37,41)/b17-10+. The first-order chi connectivity index (χ1) is 20.9. The van der Waals surface area contributed by atoms with Crippen LogP contribution in [0.25, 0.3) is 28.2 Å². The number of amides is 2. The fourth-order valence-electron chi connectivity index (χ4n) is 5.11. The quantitative estimate of drug-likeness (QED) is 0.175. The van der Waals surface area contributed by atoms with Gasteiger partial charge in [-0.3, -0.25) is 9.59 Å². The summed E-state index contributed by atoms with van der Waals surface area (Å²) in [4.78, 5) is 42.1. The number of rotatable bonds is 6. The van der Waals surface area contributed by atoms with Crippen LogP contribution in [-0.4, -0.2) is 42.9 Å². The number of fused-ring (bicyclic) bond motifs is 1. The van der Waals surface area contributed by atoms with Crippen LogP contribution < -0.4 is 15.8 Å². The second-order valence-corrected chi connectivity index (χ2v) is 10.6. The number of piperazine rings is 1. The van der Waals surface area contributed by atoms with E-state index in [-0.39, 0.29) is 11.8 Å². The van der Waals surface area contributed by atoms with Crippen LogP contribution in [0.2, 0.25) is 5.02 Å². The zero-order valence-corrected chi connectivity index (χ0v) is 24.0. The van der Waals surface area contributed by atoms with E-state index in [0.29, 0.717) is 59.2 Å². The van der Waals surface area contributed by atoms with Crippen molar-refractivity contribution in [2.45, 2.75) is 0 Å². The molecule has 4 aromatic carbocycles. The summed E-state index contributed by atoms with van der Waals surface area (Å²) in [5, 5.41) is 4.23. The van der Waals surface area contributed by atoms with Crippen molar-refractivity contribution in [1.82, 2.24) is 4.90 Å². The Morgan fingerprint density at radius 1 is 0.814 bits per heavy atom. The van der Waals surface area contributed by atoms with Gasteiger partial charge in [0.1, 0.15) is 5.58 Å². The SMILES string of the molecule is O=C(Nc1ccc(N2CCN(C(=O)/C=C/c3ccccc3)CC2)c(Cl)c1)c1ccc(-c2cc3ccccc3oc2=O)cc1. The molecule has 7 nitrogen and oxygen atoms in total. The minimum Gasteiger partial charge on any atom is -0.422 e. The molecule has 0 unspecified atom stereocenters. The second kappa shape index (κ2) is 12.4. The first-order valence-corrected chi connectivity index (χ1v) is 14.3. The van der Waals surface area contributed by atoms with E-state index in [0.717, 1.165) is 16.6 Å². The van der Waals surface area contributed by atoms with E-state index >= 15 is 0 Å². The molecule has 43 heavy (non-hydrogen) atoms. The summed E-state index contributed by atoms with van der Waals surface area (Å²) in [6, 6.07) is 31.1. The Hall–Kier alpha value is -5.14. The van der Waals surface area contributed by atoms with E-state index in [1.165, 1.54) is 0 Å². The number of para-hydroxylation sites is 1. The molecule has 214 valence electrons. The number of carbonyl (C=O) groups is 2. The van der Waals surface area contributed by atoms with Gasteiger partial charge >= 0.3 is 5.63 Å². The van der Waals surface area contributed by atoms with Gasteiger partial charge in [-0.15, -0.1) is 0 Å². The van der Waals surface area contributed by atoms with Gasteiger partial charge in [-0.2, -0.15) is 0 Å². The molecule has 0 aliphatic carbocycles. The van der Waals surface area contributed by atoms with Crippen LogP contribution >= 0.6 is 11.6 Å². The molecule has 6 rings (SSSR count). The fraction of sp³-hybridized carbons (Fsp3) is 0.114. The summed E-state index contributed by atoms with van der Waals surface area (Å²) in [6.07, 6.45) is 3.44. The molecule has 0 bridgehead atoms. The normalized spacial score (nSPS) is 13.4. The summed E-state index contributed by atoms with van der Waals surface area (Å²) in [6.45, 7) is 2.48. The largest absolute Gasteiger partial charge is 0.422 e. The van der Waals surface area contributed by atoms with E-state index in [9.17, 15) is 14.4 Å². The lowest BCUT2D eigenvalue weighted by Crippen LogP contribution is -2.48. The monoisotopic (exact) mass is 589 g/mol. The van der Waals surface area contributed by atoms with Crippen LogP contribution in [0.4, 0.5) is 11.4 Å². The van der Waals surface area contributed by atoms with Gasteiger partial charge in [0.25, 0.3) is 5.91 Å². The fourth-order valence-corrected chi connectivity index (χ4v) is 5.41. The number of carbonyl (C=O) groups excluding carboxylic acids is 2. The third-order valence-electron chi connectivity index (χ3n) is 7.46. The number of benzene rings is 4. The molecule has 0 radical (unpaired) electrons. The lowest BCUT2D eigenvalue weighted by atomic mass is 10.0. The molecule has 0 saturated carbocycles. The van der Waals surface area contributed by atoms with Crippen molar-refractivity contribution in [1.29, 1.82) is 0 Å². The van der Waals surface area contributed by atoms with E-state index in [1.54, 1.807) is 48.5 Å². The zero-order valence-electron chi connectivity index (χ0n) is 23.2. The van der Waals surface area contributed by atoms with Crippen LogP contribution in [0, 0.1) is 0 Å². The molecule has 1 saturated heterocycles. The third-order valence-corrected chi connectivity index (χ3v) is 7.76. The minimum absolute atomic E-state index is 0.0126. The lowest BCUT2D eigenvalue weighted by Gasteiger charge is -2.36. The molecule has 1 N–H and O–H groups in total. The summed E-state index contributed by atoms with van der Waals surface area (Å²) in [5.41, 5.74) is 4.04. The molecule has 5 aromatic rings. The number of hydrogen-bond acceptors (Lipinski definition) is 5. The number of anilines is 2. The van der Waals surface area contributed by atoms with E-state index in [2.05, 4.69) is 10.2 Å². The molecule has 8 heteroatoms. The first-order valence-electron chi connectivity index (χ1n) is 14.0. The molecule has 1 aromatic heterocycles. The van der Waals surface area contributed by atoms with E-state index in [4.69, 9.17) is 16.0 Å². The summed E-state index contributed by atoms with van der Waals surface area (Å²) in [7, 11) is 0. The van der Waals surface area contributed by atoms with Gasteiger partial charge in [0, 0.05) is 48.9 Å². The van der Waals surface area contributed by atoms with Crippen molar-refractivity contribution >= 4 is 51.8 Å². The number of nitrogens with zero attached hydrogens (tertiary/aromatic N) is 2. The van der Waals surface area contributed by atoms with E-state index < -0.39 is 5.63 Å². The molecule has 0 atom stereocenters. The molecule has 1 aliphatic rings. The predicted octanol–water partition coefficient (Wildman–Crippen LogP) is 6.73. The molecule has 0 spiro atoms. The smallest absolute Gasteiger partial charge is 0.344 e. The van der Waals surface area contributed by atoms with Crippen molar-refractivity contribution in [2.75, 3.05) is 36.4 Å². The lowest BCUT2D eigenvalue weighted by molar-refractivity contribution is -0.126. The zero-order chi connectivity index (χ0) is 29.8. The first kappa shape index (κ1) is 28.0. The Labute approximate surface area is 253 Å². The number of halogens is 1. The van der Waals surface area contributed by atoms with E-state index in [1.807, 2.05) is 71.6 Å². The Morgan fingerprint density at radius 2 is 1.53 bits per heavy atom. The maximum absolute atomic E-state index is 13.0. The maximum Gasteiger partial charge on any atom is 0.344 e. The van der Waals surface area contributed by atoms with Crippen LogP contribution in [0.3, 0.4) is 0 Å². The Balaban J connectivity index is 1.06. The van der Waals surface area contributed by atoms with Crippen LogP contribution in [0.1, 0.15) is 15.9 Å². The minimum atomic E-state index is -0.432. The van der Waals surface area contributed by atoms with Crippen molar-refractivity contribution in [3.05, 3.63) is 136 Å². The average Bonchev–Trinajstić information content (AvgIpc) is 3.04. The Bertz CT molecular complexity index is 1880. The molecule has 1 fully saturated rings. The van der Waals surface area contributed by atoms with Crippen molar-refractivity contribution in [3.8, 4) is 11.1 Å². The highest BCUT2D eigenvalue weighted by atomic mass is 35.5. The molecule has 2 amide bonds. The van der Waals surface area contributed by atoms with Crippen molar-refractivity contribution < 1.29 is 14.0 Å². The van der Waals surface area contributed by atoms with Crippen LogP contribution in [0.5, 0.6) is 0 Å². The van der Waals surface area contributed by atoms with Crippen molar-refractivity contribution in [2.24, 2.45) is 0 Å². The molecular weight excluding hydrogens is 562 g/mol. The molecule has 1 aliphatic heterocycles. The highest BCUT2D eigenvalue weighted by Crippen LogP contribution is 2.30.